The number of hydrogen-bond acceptors (Lipinski definition) is 8. The molecular weight excluding hydrogens is 484 g/mol. The highest BCUT2D eigenvalue weighted by Crippen LogP contribution is 2.38. The Morgan fingerprint density at radius 2 is 2.14 bits per heavy atom. The van der Waals surface area contributed by atoms with Gasteiger partial charge < -0.3 is 25.8 Å². The van der Waals surface area contributed by atoms with Gasteiger partial charge in [-0.1, -0.05) is 6.07 Å². The molecule has 3 heterocycles. The zero-order valence-electron chi connectivity index (χ0n) is 20.0. The molecule has 12 heteroatoms. The minimum absolute atomic E-state index is 0.0233. The number of ether oxygens (including phenoxy) is 1. The number of nitrogens with zero attached hydrogens (tertiary/aromatic N) is 5. The van der Waals surface area contributed by atoms with Crippen LogP contribution in [0.2, 0.25) is 0 Å². The summed E-state index contributed by atoms with van der Waals surface area (Å²) in [6, 6.07) is 6.83. The van der Waals surface area contributed by atoms with Crippen molar-refractivity contribution in [3.63, 3.8) is 0 Å². The summed E-state index contributed by atoms with van der Waals surface area (Å²) in [6.07, 6.45) is 3.58. The van der Waals surface area contributed by atoms with Crippen molar-refractivity contribution in [2.75, 3.05) is 37.0 Å². The van der Waals surface area contributed by atoms with Crippen molar-refractivity contribution in [2.45, 2.75) is 19.0 Å². The zero-order chi connectivity index (χ0) is 26.1. The number of anilines is 2. The topological polar surface area (TPSA) is 131 Å². The van der Waals surface area contributed by atoms with Crippen LogP contribution in [0.25, 0.3) is 22.3 Å². The molecule has 2 aromatic heterocycles. The predicted octanol–water partition coefficient (Wildman–Crippen LogP) is 2.56. The number of aliphatic hydroxyl groups excluding tert-OH is 1. The van der Waals surface area contributed by atoms with E-state index < -0.39 is 17.5 Å². The fourth-order valence-electron chi connectivity index (χ4n) is 4.59. The second kappa shape index (κ2) is 10.1. The van der Waals surface area contributed by atoms with Gasteiger partial charge in [0.05, 0.1) is 43.4 Å². The van der Waals surface area contributed by atoms with Gasteiger partial charge in [-0.2, -0.15) is 5.10 Å². The van der Waals surface area contributed by atoms with E-state index in [0.717, 1.165) is 6.42 Å². The standard InChI is InChI=1S/C25H25F2N7O3/c1-37-20-4-2-3-16(26)21(20)24-29-7-5-18(31-24)25(36)32-19-11-17(27)22-15(12-30-34(22)9-10-35)23(19)33-8-6-14(28)13-33/h2-5,7,11-12,14,35H,6,8-10,13,28H2,1H3,(H,32,36)/t14-/m1/s1. The molecule has 0 saturated carbocycles. The number of carbonyl (C=O) groups excluding carboxylic acids is 1. The lowest BCUT2D eigenvalue weighted by molar-refractivity contribution is 0.102. The number of rotatable bonds is 7. The number of fused-ring (bicyclic) bond motifs is 1. The average molecular weight is 510 g/mol. The maximum absolute atomic E-state index is 15.3. The quantitative estimate of drug-likeness (QED) is 0.347. The van der Waals surface area contributed by atoms with Crippen LogP contribution in [0.4, 0.5) is 20.2 Å². The highest BCUT2D eigenvalue weighted by atomic mass is 19.1. The fraction of sp³-hybridized carbons (Fsp3) is 0.280. The molecule has 0 aliphatic carbocycles. The van der Waals surface area contributed by atoms with Gasteiger partial charge in [0.15, 0.2) is 11.6 Å². The summed E-state index contributed by atoms with van der Waals surface area (Å²) in [5.74, 6) is -1.65. The molecule has 5 rings (SSSR count). The maximum atomic E-state index is 15.3. The summed E-state index contributed by atoms with van der Waals surface area (Å²) < 4.78 is 36.4. The lowest BCUT2D eigenvalue weighted by Crippen LogP contribution is -2.27. The second-order valence-corrected chi connectivity index (χ2v) is 8.64. The number of halogens is 2. The largest absolute Gasteiger partial charge is 0.496 e. The molecule has 1 aliphatic rings. The molecule has 192 valence electrons. The summed E-state index contributed by atoms with van der Waals surface area (Å²) in [5, 5.41) is 16.8. The van der Waals surface area contributed by atoms with Gasteiger partial charge in [-0.3, -0.25) is 9.48 Å². The summed E-state index contributed by atoms with van der Waals surface area (Å²) in [7, 11) is 1.40. The highest BCUT2D eigenvalue weighted by Gasteiger charge is 2.27. The Morgan fingerprint density at radius 3 is 2.86 bits per heavy atom. The van der Waals surface area contributed by atoms with Gasteiger partial charge in [0, 0.05) is 36.8 Å². The van der Waals surface area contributed by atoms with Crippen molar-refractivity contribution in [3.05, 3.63) is 60.1 Å². The zero-order valence-corrected chi connectivity index (χ0v) is 20.0. The molecule has 2 aromatic carbocycles. The van der Waals surface area contributed by atoms with Crippen molar-refractivity contribution in [2.24, 2.45) is 5.73 Å². The van der Waals surface area contributed by atoms with Gasteiger partial charge in [0.2, 0.25) is 0 Å². The molecular formula is C25H25F2N7O3. The van der Waals surface area contributed by atoms with Crippen molar-refractivity contribution in [1.29, 1.82) is 0 Å². The number of nitrogens with two attached hydrogens (primary N) is 1. The highest BCUT2D eigenvalue weighted by molar-refractivity contribution is 6.09. The third-order valence-corrected chi connectivity index (χ3v) is 6.26. The fourth-order valence-corrected chi connectivity index (χ4v) is 4.59. The van der Waals surface area contributed by atoms with Crippen LogP contribution < -0.4 is 20.7 Å². The monoisotopic (exact) mass is 509 g/mol. The van der Waals surface area contributed by atoms with Gasteiger partial charge >= 0.3 is 0 Å². The number of nitrogens with one attached hydrogen (secondary N) is 1. The van der Waals surface area contributed by atoms with Crippen LogP contribution in [-0.4, -0.2) is 63.6 Å². The number of benzene rings is 2. The molecule has 4 N–H and O–H groups in total. The van der Waals surface area contributed by atoms with E-state index in [4.69, 9.17) is 10.5 Å². The van der Waals surface area contributed by atoms with Crippen molar-refractivity contribution < 1.29 is 23.4 Å². The number of aromatic nitrogens is 4. The maximum Gasteiger partial charge on any atom is 0.274 e. The third-order valence-electron chi connectivity index (χ3n) is 6.26. The molecule has 1 fully saturated rings. The minimum atomic E-state index is -0.634. The number of aliphatic hydroxyl groups is 1. The SMILES string of the molecule is COc1cccc(F)c1-c1nccc(C(=O)Nc2cc(F)c3c(cnn3CCO)c2N2CC[C@@H](N)C2)n1. The van der Waals surface area contributed by atoms with Gasteiger partial charge in [-0.05, 0) is 24.6 Å². The van der Waals surface area contributed by atoms with Crippen LogP contribution in [0.5, 0.6) is 5.75 Å². The molecule has 1 aliphatic heterocycles. The van der Waals surface area contributed by atoms with Crippen LogP contribution in [0, 0.1) is 11.6 Å². The molecule has 0 spiro atoms. The summed E-state index contributed by atoms with van der Waals surface area (Å²) in [5.41, 5.74) is 7.12. The number of hydrogen-bond donors (Lipinski definition) is 3. The summed E-state index contributed by atoms with van der Waals surface area (Å²) in [6.45, 7) is 1.04. The van der Waals surface area contributed by atoms with Crippen LogP contribution in [-0.2, 0) is 6.54 Å². The Hall–Kier alpha value is -4.16. The molecule has 37 heavy (non-hydrogen) atoms. The van der Waals surface area contributed by atoms with E-state index >= 15 is 4.39 Å². The van der Waals surface area contributed by atoms with Crippen molar-refractivity contribution in [1.82, 2.24) is 19.7 Å². The molecule has 4 aromatic rings. The van der Waals surface area contributed by atoms with E-state index in [1.165, 1.54) is 48.5 Å². The Kier molecular flexibility index (Phi) is 6.68. The normalized spacial score (nSPS) is 15.4. The lowest BCUT2D eigenvalue weighted by Gasteiger charge is -2.23. The van der Waals surface area contributed by atoms with Gasteiger partial charge in [-0.15, -0.1) is 0 Å². The Labute approximate surface area is 210 Å². The predicted molar refractivity (Wildman–Crippen MR) is 134 cm³/mol. The van der Waals surface area contributed by atoms with Gasteiger partial charge in [-0.25, -0.2) is 18.7 Å². The first-order valence-electron chi connectivity index (χ1n) is 11.7. The molecule has 1 amide bonds. The summed E-state index contributed by atoms with van der Waals surface area (Å²) in [4.78, 5) is 23.6. The van der Waals surface area contributed by atoms with E-state index in [9.17, 15) is 14.3 Å². The first kappa shape index (κ1) is 24.5. The number of methoxy groups -OCH3 is 1. The Balaban J connectivity index is 1.55. The third kappa shape index (κ3) is 4.56. The van der Waals surface area contributed by atoms with Gasteiger partial charge in [0.1, 0.15) is 22.8 Å². The summed E-state index contributed by atoms with van der Waals surface area (Å²) >= 11 is 0. The number of carbonyl (C=O) groups is 1. The Bertz CT molecular complexity index is 1480. The first-order valence-corrected chi connectivity index (χ1v) is 11.7. The van der Waals surface area contributed by atoms with Crippen LogP contribution >= 0.6 is 0 Å². The van der Waals surface area contributed by atoms with E-state index in [0.29, 0.717) is 24.2 Å². The van der Waals surface area contributed by atoms with E-state index in [2.05, 4.69) is 20.4 Å². The molecule has 1 saturated heterocycles. The Morgan fingerprint density at radius 1 is 1.30 bits per heavy atom. The lowest BCUT2D eigenvalue weighted by atomic mass is 10.1. The molecule has 0 radical (unpaired) electrons. The van der Waals surface area contributed by atoms with Crippen molar-refractivity contribution in [3.8, 4) is 17.1 Å². The smallest absolute Gasteiger partial charge is 0.274 e. The molecule has 10 nitrogen and oxygen atoms in total. The van der Waals surface area contributed by atoms with E-state index in [1.807, 2.05) is 4.90 Å². The average Bonchev–Trinajstić information content (AvgIpc) is 3.51. The molecule has 0 bridgehead atoms. The van der Waals surface area contributed by atoms with E-state index in [-0.39, 0.29) is 53.2 Å². The molecule has 1 atom stereocenters. The van der Waals surface area contributed by atoms with Crippen molar-refractivity contribution >= 4 is 28.2 Å². The minimum Gasteiger partial charge on any atom is -0.496 e. The molecule has 0 unspecified atom stereocenters. The van der Waals surface area contributed by atoms with Crippen LogP contribution in [0.1, 0.15) is 16.9 Å². The first-order chi connectivity index (χ1) is 17.9. The van der Waals surface area contributed by atoms with Gasteiger partial charge in [0.25, 0.3) is 5.91 Å². The second-order valence-electron chi connectivity index (χ2n) is 8.64. The number of amides is 1. The van der Waals surface area contributed by atoms with Crippen LogP contribution in [0.15, 0.2) is 42.7 Å². The van der Waals surface area contributed by atoms with Crippen LogP contribution in [0.3, 0.4) is 0 Å². The van der Waals surface area contributed by atoms with E-state index in [1.54, 1.807) is 6.07 Å².